The molecule has 1 nitrogen and oxygen atoms in total. The maximum absolute atomic E-state index is 3.77. The average molecular weight is 149 g/mol. The van der Waals surface area contributed by atoms with Crippen molar-refractivity contribution in [1.82, 2.24) is 4.57 Å². The van der Waals surface area contributed by atoms with Crippen LogP contribution in [0.1, 0.15) is 24.7 Å². The van der Waals surface area contributed by atoms with Crippen LogP contribution in [0.25, 0.3) is 6.08 Å². The Labute approximate surface area is 68.4 Å². The number of hydrogen-bond acceptors (Lipinski definition) is 0. The summed E-state index contributed by atoms with van der Waals surface area (Å²) in [4.78, 5) is 0. The first-order chi connectivity index (χ1) is 5.29. The third-order valence-electron chi connectivity index (χ3n) is 1.89. The molecule has 0 aliphatic heterocycles. The molecule has 0 fully saturated rings. The lowest BCUT2D eigenvalue weighted by Gasteiger charge is -2.06. The van der Waals surface area contributed by atoms with Crippen molar-refractivity contribution in [2.45, 2.75) is 26.8 Å². The van der Waals surface area contributed by atoms with Crippen LogP contribution in [0, 0.1) is 6.92 Å². The predicted molar refractivity (Wildman–Crippen MR) is 49.6 cm³/mol. The predicted octanol–water partition coefficient (Wildman–Crippen LogP) is 2.85. The van der Waals surface area contributed by atoms with Crippen molar-refractivity contribution >= 4 is 6.08 Å². The van der Waals surface area contributed by atoms with Gasteiger partial charge in [-0.1, -0.05) is 13.5 Å². The maximum Gasteiger partial charge on any atom is 0.0402 e. The molecule has 0 saturated carbocycles. The minimum atomic E-state index is 1.10. The molecule has 0 spiro atoms. The van der Waals surface area contributed by atoms with Gasteiger partial charge in [0.15, 0.2) is 0 Å². The summed E-state index contributed by atoms with van der Waals surface area (Å²) in [6.07, 6.45) is 3.08. The lowest BCUT2D eigenvalue weighted by atomic mass is 10.4. The van der Waals surface area contributed by atoms with Gasteiger partial charge in [0.25, 0.3) is 0 Å². The van der Waals surface area contributed by atoms with Gasteiger partial charge in [-0.2, -0.15) is 0 Å². The van der Waals surface area contributed by atoms with E-state index in [9.17, 15) is 0 Å². The van der Waals surface area contributed by atoms with Gasteiger partial charge in [-0.25, -0.2) is 0 Å². The summed E-state index contributed by atoms with van der Waals surface area (Å²) >= 11 is 0. The number of aryl methyl sites for hydroxylation is 1. The van der Waals surface area contributed by atoms with Crippen molar-refractivity contribution in [2.75, 3.05) is 0 Å². The van der Waals surface area contributed by atoms with E-state index < -0.39 is 0 Å². The van der Waals surface area contributed by atoms with Crippen LogP contribution in [0.3, 0.4) is 0 Å². The first kappa shape index (κ1) is 8.12. The normalized spacial score (nSPS) is 10.0. The van der Waals surface area contributed by atoms with Gasteiger partial charge in [0.2, 0.25) is 0 Å². The Balaban J connectivity index is 2.97. The lowest BCUT2D eigenvalue weighted by molar-refractivity contribution is 0.661. The van der Waals surface area contributed by atoms with Crippen molar-refractivity contribution in [1.29, 1.82) is 0 Å². The molecular weight excluding hydrogens is 134 g/mol. The Hall–Kier alpha value is -0.980. The summed E-state index contributed by atoms with van der Waals surface area (Å²) in [6.45, 7) is 9.18. The fourth-order valence-electron chi connectivity index (χ4n) is 1.30. The highest BCUT2D eigenvalue weighted by molar-refractivity contribution is 5.43. The molecule has 1 heterocycles. The van der Waals surface area contributed by atoms with E-state index in [-0.39, 0.29) is 0 Å². The van der Waals surface area contributed by atoms with Gasteiger partial charge >= 0.3 is 0 Å². The van der Waals surface area contributed by atoms with E-state index in [2.05, 4.69) is 37.1 Å². The van der Waals surface area contributed by atoms with Gasteiger partial charge in [-0.3, -0.25) is 0 Å². The van der Waals surface area contributed by atoms with Gasteiger partial charge in [0.1, 0.15) is 0 Å². The van der Waals surface area contributed by atoms with E-state index in [1.165, 1.54) is 17.8 Å². The first-order valence-electron chi connectivity index (χ1n) is 4.08. The Kier molecular flexibility index (Phi) is 2.53. The molecule has 1 heteroatoms. The number of rotatable bonds is 3. The molecule has 0 radical (unpaired) electrons. The zero-order valence-corrected chi connectivity index (χ0v) is 7.30. The molecule has 60 valence electrons. The minimum Gasteiger partial charge on any atom is -0.345 e. The van der Waals surface area contributed by atoms with E-state index in [0.29, 0.717) is 0 Å². The molecule has 1 rings (SSSR count). The van der Waals surface area contributed by atoms with Gasteiger partial charge in [0, 0.05) is 17.9 Å². The lowest BCUT2D eigenvalue weighted by Crippen LogP contribution is -2.00. The average Bonchev–Trinajstić information content (AvgIpc) is 2.34. The Morgan fingerprint density at radius 1 is 1.55 bits per heavy atom. The van der Waals surface area contributed by atoms with Crippen LogP contribution in [0.4, 0.5) is 0 Å². The molecule has 1 aromatic heterocycles. The molecule has 11 heavy (non-hydrogen) atoms. The fourth-order valence-corrected chi connectivity index (χ4v) is 1.30. The second-order valence-electron chi connectivity index (χ2n) is 2.76. The number of hydrogen-bond donors (Lipinski definition) is 0. The highest BCUT2D eigenvalue weighted by Gasteiger charge is 1.98. The standard InChI is InChI=1S/C10H15N/c1-4-8-11-9(3)6-7-10(11)5-2/h5-7H,2,4,8H2,1,3H3. The van der Waals surface area contributed by atoms with Crippen molar-refractivity contribution in [3.63, 3.8) is 0 Å². The number of nitrogens with zero attached hydrogens (tertiary/aromatic N) is 1. The molecule has 0 atom stereocenters. The second-order valence-corrected chi connectivity index (χ2v) is 2.76. The van der Waals surface area contributed by atoms with E-state index in [1.807, 2.05) is 6.08 Å². The summed E-state index contributed by atoms with van der Waals surface area (Å²) in [5.74, 6) is 0. The van der Waals surface area contributed by atoms with E-state index in [4.69, 9.17) is 0 Å². The fraction of sp³-hybridized carbons (Fsp3) is 0.400. The van der Waals surface area contributed by atoms with Crippen molar-refractivity contribution in [3.05, 3.63) is 30.1 Å². The monoisotopic (exact) mass is 149 g/mol. The van der Waals surface area contributed by atoms with Crippen LogP contribution in [0.5, 0.6) is 0 Å². The quantitative estimate of drug-likeness (QED) is 0.622. The largest absolute Gasteiger partial charge is 0.345 e. The Morgan fingerprint density at radius 3 is 2.82 bits per heavy atom. The van der Waals surface area contributed by atoms with Crippen molar-refractivity contribution < 1.29 is 0 Å². The molecular formula is C10H15N. The Bertz CT molecular complexity index is 245. The molecule has 0 unspecified atom stereocenters. The maximum atomic E-state index is 3.77. The molecule has 0 saturated heterocycles. The van der Waals surface area contributed by atoms with E-state index in [0.717, 1.165) is 6.54 Å². The summed E-state index contributed by atoms with van der Waals surface area (Å²) in [5.41, 5.74) is 2.55. The molecule has 1 aromatic rings. The van der Waals surface area contributed by atoms with Crippen LogP contribution < -0.4 is 0 Å². The van der Waals surface area contributed by atoms with Crippen molar-refractivity contribution in [3.8, 4) is 0 Å². The van der Waals surface area contributed by atoms with E-state index >= 15 is 0 Å². The molecule has 0 amide bonds. The molecule has 0 aliphatic rings. The van der Waals surface area contributed by atoms with Gasteiger partial charge in [0.05, 0.1) is 0 Å². The minimum absolute atomic E-state index is 1.10. The van der Waals surface area contributed by atoms with Crippen LogP contribution in [-0.2, 0) is 6.54 Å². The zero-order valence-electron chi connectivity index (χ0n) is 7.30. The second kappa shape index (κ2) is 3.42. The van der Waals surface area contributed by atoms with Gasteiger partial charge in [-0.15, -0.1) is 0 Å². The van der Waals surface area contributed by atoms with Gasteiger partial charge in [-0.05, 0) is 31.6 Å². The molecule has 0 N–H and O–H groups in total. The van der Waals surface area contributed by atoms with Crippen molar-refractivity contribution in [2.24, 2.45) is 0 Å². The van der Waals surface area contributed by atoms with E-state index in [1.54, 1.807) is 0 Å². The summed E-state index contributed by atoms with van der Waals surface area (Å²) in [5, 5.41) is 0. The first-order valence-corrected chi connectivity index (χ1v) is 4.08. The summed E-state index contributed by atoms with van der Waals surface area (Å²) in [6, 6.07) is 4.24. The smallest absolute Gasteiger partial charge is 0.0402 e. The highest BCUT2D eigenvalue weighted by atomic mass is 15.0. The van der Waals surface area contributed by atoms with Crippen LogP contribution in [0.2, 0.25) is 0 Å². The third kappa shape index (κ3) is 1.53. The van der Waals surface area contributed by atoms with Crippen LogP contribution in [-0.4, -0.2) is 4.57 Å². The molecule has 0 aliphatic carbocycles. The number of aromatic nitrogens is 1. The SMILES string of the molecule is C=Cc1ccc(C)n1CCC. The molecule has 0 bridgehead atoms. The zero-order chi connectivity index (χ0) is 8.27. The highest BCUT2D eigenvalue weighted by Crippen LogP contribution is 2.09. The Morgan fingerprint density at radius 2 is 2.27 bits per heavy atom. The third-order valence-corrected chi connectivity index (χ3v) is 1.89. The summed E-state index contributed by atoms with van der Waals surface area (Å²) in [7, 11) is 0. The summed E-state index contributed by atoms with van der Waals surface area (Å²) < 4.78 is 2.28. The van der Waals surface area contributed by atoms with Crippen LogP contribution in [0.15, 0.2) is 18.7 Å². The molecule has 0 aromatic carbocycles. The van der Waals surface area contributed by atoms with Gasteiger partial charge < -0.3 is 4.57 Å². The topological polar surface area (TPSA) is 4.93 Å². The van der Waals surface area contributed by atoms with Crippen LogP contribution >= 0.6 is 0 Å².